The molecule has 0 saturated carbocycles. The van der Waals surface area contributed by atoms with Crippen molar-refractivity contribution in [2.24, 2.45) is 5.84 Å². The maximum absolute atomic E-state index is 5.68. The largest absolute Gasteiger partial charge is 0.324 e. The fourth-order valence-corrected chi connectivity index (χ4v) is 2.80. The van der Waals surface area contributed by atoms with Gasteiger partial charge in [-0.15, -0.1) is 0 Å². The first kappa shape index (κ1) is 12.7. The Morgan fingerprint density at radius 2 is 1.70 bits per heavy atom. The third-order valence-corrected chi connectivity index (χ3v) is 3.73. The molecule has 1 aliphatic carbocycles. The fraction of sp³-hybridized carbons (Fsp3) is 0.111. The lowest BCUT2D eigenvalue weighted by atomic mass is 9.83. The van der Waals surface area contributed by atoms with Crippen LogP contribution in [0.15, 0.2) is 78.4 Å². The molecular weight excluding hydrogens is 244 g/mol. The van der Waals surface area contributed by atoms with Crippen LogP contribution in [0.25, 0.3) is 0 Å². The van der Waals surface area contributed by atoms with Crippen molar-refractivity contribution in [1.82, 2.24) is 0 Å². The topological polar surface area (TPSA) is 38.0 Å². The van der Waals surface area contributed by atoms with Gasteiger partial charge < -0.3 is 5.43 Å². The maximum Gasteiger partial charge on any atom is 0.0526 e. The number of rotatable bonds is 4. The van der Waals surface area contributed by atoms with Crippen molar-refractivity contribution in [1.29, 1.82) is 0 Å². The van der Waals surface area contributed by atoms with Crippen molar-refractivity contribution in [3.8, 4) is 0 Å². The van der Waals surface area contributed by atoms with Gasteiger partial charge in [-0.05, 0) is 23.6 Å². The highest BCUT2D eigenvalue weighted by Crippen LogP contribution is 2.38. The van der Waals surface area contributed by atoms with Crippen LogP contribution in [0.5, 0.6) is 0 Å². The molecule has 0 radical (unpaired) electrons. The highest BCUT2D eigenvalue weighted by Gasteiger charge is 2.21. The molecule has 2 aromatic rings. The van der Waals surface area contributed by atoms with E-state index in [-0.39, 0.29) is 5.92 Å². The Balaban J connectivity index is 2.10. The van der Waals surface area contributed by atoms with Crippen molar-refractivity contribution >= 4 is 5.69 Å². The molecule has 20 heavy (non-hydrogen) atoms. The number of nitrogens with one attached hydrogen (secondary N) is 1. The summed E-state index contributed by atoms with van der Waals surface area (Å²) >= 11 is 0. The average molecular weight is 262 g/mol. The minimum Gasteiger partial charge on any atom is -0.324 e. The molecule has 0 saturated heterocycles. The second-order valence-electron chi connectivity index (χ2n) is 4.95. The van der Waals surface area contributed by atoms with Crippen LogP contribution in [0, 0.1) is 0 Å². The minimum absolute atomic E-state index is 0.249. The summed E-state index contributed by atoms with van der Waals surface area (Å²) in [7, 11) is 0. The number of hydrazine groups is 1. The molecule has 2 nitrogen and oxygen atoms in total. The van der Waals surface area contributed by atoms with Crippen LogP contribution < -0.4 is 11.3 Å². The summed E-state index contributed by atoms with van der Waals surface area (Å²) in [4.78, 5) is 0. The Labute approximate surface area is 119 Å². The zero-order valence-electron chi connectivity index (χ0n) is 11.3. The van der Waals surface area contributed by atoms with E-state index in [1.54, 1.807) is 0 Å². The predicted molar refractivity (Wildman–Crippen MR) is 84.4 cm³/mol. The monoisotopic (exact) mass is 262 g/mol. The van der Waals surface area contributed by atoms with Gasteiger partial charge in [-0.25, -0.2) is 0 Å². The van der Waals surface area contributed by atoms with E-state index in [0.29, 0.717) is 0 Å². The first-order valence-electron chi connectivity index (χ1n) is 6.86. The van der Waals surface area contributed by atoms with Crippen LogP contribution in [0.4, 0.5) is 5.69 Å². The van der Waals surface area contributed by atoms with Crippen molar-refractivity contribution in [3.63, 3.8) is 0 Å². The van der Waals surface area contributed by atoms with E-state index in [0.717, 1.165) is 12.1 Å². The van der Waals surface area contributed by atoms with Gasteiger partial charge in [0.05, 0.1) is 5.69 Å². The number of hydrogen-bond acceptors (Lipinski definition) is 2. The lowest BCUT2D eigenvalue weighted by Crippen LogP contribution is -2.12. The smallest absolute Gasteiger partial charge is 0.0526 e. The van der Waals surface area contributed by atoms with Gasteiger partial charge in [0.1, 0.15) is 0 Å². The predicted octanol–water partition coefficient (Wildman–Crippen LogP) is 3.99. The normalized spacial score (nSPS) is 14.9. The highest BCUT2D eigenvalue weighted by atomic mass is 15.2. The highest BCUT2D eigenvalue weighted by molar-refractivity contribution is 5.58. The van der Waals surface area contributed by atoms with Gasteiger partial charge in [0.15, 0.2) is 0 Å². The van der Waals surface area contributed by atoms with Crippen LogP contribution in [0.2, 0.25) is 0 Å². The Morgan fingerprint density at radius 3 is 2.40 bits per heavy atom. The van der Waals surface area contributed by atoms with Crippen molar-refractivity contribution in [2.45, 2.75) is 12.3 Å². The standard InChI is InChI=1S/C18H18N2/c19-20-17-13-7-6-12-16(17)18(15-10-4-5-11-15)14-8-2-1-3-9-14/h1-10,12-13,18,20H,11,19H2. The molecular formula is C18H18N2. The van der Waals surface area contributed by atoms with Crippen molar-refractivity contribution in [2.75, 3.05) is 5.43 Å². The molecule has 0 aliphatic heterocycles. The number of allylic oxidation sites excluding steroid dienone is 4. The van der Waals surface area contributed by atoms with Gasteiger partial charge in [-0.3, -0.25) is 5.84 Å². The summed E-state index contributed by atoms with van der Waals surface area (Å²) in [6.45, 7) is 0. The maximum atomic E-state index is 5.68. The van der Waals surface area contributed by atoms with Crippen molar-refractivity contribution in [3.05, 3.63) is 89.5 Å². The zero-order chi connectivity index (χ0) is 13.8. The van der Waals surface area contributed by atoms with E-state index in [2.05, 4.69) is 66.1 Å². The molecule has 3 N–H and O–H groups in total. The molecule has 100 valence electrons. The van der Waals surface area contributed by atoms with Gasteiger partial charge in [0.2, 0.25) is 0 Å². The Hall–Kier alpha value is -2.32. The molecule has 1 aliphatic rings. The average Bonchev–Trinajstić information content (AvgIpc) is 3.03. The molecule has 0 fully saturated rings. The first-order chi connectivity index (χ1) is 9.90. The van der Waals surface area contributed by atoms with E-state index in [1.165, 1.54) is 16.7 Å². The summed E-state index contributed by atoms with van der Waals surface area (Å²) in [6, 6.07) is 18.8. The zero-order valence-corrected chi connectivity index (χ0v) is 11.3. The second-order valence-corrected chi connectivity index (χ2v) is 4.95. The van der Waals surface area contributed by atoms with Gasteiger partial charge in [-0.1, -0.05) is 72.3 Å². The Kier molecular flexibility index (Phi) is 3.66. The number of hydrogen-bond donors (Lipinski definition) is 2. The van der Waals surface area contributed by atoms with Gasteiger partial charge in [0, 0.05) is 5.92 Å². The van der Waals surface area contributed by atoms with Crippen LogP contribution >= 0.6 is 0 Å². The van der Waals surface area contributed by atoms with Gasteiger partial charge in [-0.2, -0.15) is 0 Å². The number of anilines is 1. The lowest BCUT2D eigenvalue weighted by Gasteiger charge is -2.22. The molecule has 0 bridgehead atoms. The van der Waals surface area contributed by atoms with Gasteiger partial charge in [0.25, 0.3) is 0 Å². The van der Waals surface area contributed by atoms with Gasteiger partial charge >= 0.3 is 0 Å². The summed E-state index contributed by atoms with van der Waals surface area (Å²) in [5.74, 6) is 5.93. The number of nitrogen functional groups attached to an aromatic ring is 1. The lowest BCUT2D eigenvalue weighted by molar-refractivity contribution is 0.919. The summed E-state index contributed by atoms with van der Waals surface area (Å²) in [5, 5.41) is 0. The first-order valence-corrected chi connectivity index (χ1v) is 6.86. The molecule has 1 unspecified atom stereocenters. The molecule has 0 spiro atoms. The van der Waals surface area contributed by atoms with E-state index in [4.69, 9.17) is 5.84 Å². The molecule has 2 heteroatoms. The second kappa shape index (κ2) is 5.76. The quantitative estimate of drug-likeness (QED) is 0.646. The minimum atomic E-state index is 0.249. The fourth-order valence-electron chi connectivity index (χ4n) is 2.80. The molecule has 0 aromatic heterocycles. The van der Waals surface area contributed by atoms with Crippen LogP contribution in [-0.2, 0) is 0 Å². The van der Waals surface area contributed by atoms with Crippen LogP contribution in [0.3, 0.4) is 0 Å². The molecule has 0 heterocycles. The van der Waals surface area contributed by atoms with Crippen LogP contribution in [-0.4, -0.2) is 0 Å². The summed E-state index contributed by atoms with van der Waals surface area (Å²) in [5.41, 5.74) is 7.72. The Bertz CT molecular complexity index is 641. The Morgan fingerprint density at radius 1 is 0.950 bits per heavy atom. The third-order valence-electron chi connectivity index (χ3n) is 3.73. The molecule has 3 rings (SSSR count). The number of benzene rings is 2. The summed E-state index contributed by atoms with van der Waals surface area (Å²) < 4.78 is 0. The van der Waals surface area contributed by atoms with E-state index >= 15 is 0 Å². The van der Waals surface area contributed by atoms with E-state index in [9.17, 15) is 0 Å². The number of para-hydroxylation sites is 1. The SMILES string of the molecule is NNc1ccccc1C(C1=CC=CC1)c1ccccc1. The van der Waals surface area contributed by atoms with Crippen molar-refractivity contribution < 1.29 is 0 Å². The van der Waals surface area contributed by atoms with Crippen LogP contribution in [0.1, 0.15) is 23.5 Å². The third kappa shape index (κ3) is 2.38. The molecule has 1 atom stereocenters. The molecule has 0 amide bonds. The number of nitrogens with two attached hydrogens (primary N) is 1. The summed E-state index contributed by atoms with van der Waals surface area (Å²) in [6.07, 6.45) is 7.54. The van der Waals surface area contributed by atoms with E-state index in [1.807, 2.05) is 12.1 Å². The van der Waals surface area contributed by atoms with E-state index < -0.39 is 0 Å². The molecule has 2 aromatic carbocycles.